The minimum absolute atomic E-state index is 0.433. The van der Waals surface area contributed by atoms with E-state index in [1.807, 2.05) is 6.07 Å². The van der Waals surface area contributed by atoms with Crippen molar-refractivity contribution < 1.29 is 4.42 Å². The smallest absolute Gasteiger partial charge is 0.139 e. The molecule has 1 aliphatic carbocycles. The molecule has 1 atom stereocenters. The molecular formula is C41H31NO. The van der Waals surface area contributed by atoms with Crippen LogP contribution < -0.4 is 4.90 Å². The predicted octanol–water partition coefficient (Wildman–Crippen LogP) is 11.7. The lowest BCUT2D eigenvalue weighted by Gasteiger charge is -2.27. The van der Waals surface area contributed by atoms with Gasteiger partial charge in [-0.05, 0) is 70.8 Å². The van der Waals surface area contributed by atoms with E-state index in [1.165, 1.54) is 44.0 Å². The highest BCUT2D eigenvalue weighted by Gasteiger charge is 2.26. The third-order valence-electron chi connectivity index (χ3n) is 8.72. The lowest BCUT2D eigenvalue weighted by atomic mass is 9.85. The highest BCUT2D eigenvalue weighted by atomic mass is 16.3. The number of allylic oxidation sites excluding steroid dienone is 1. The Balaban J connectivity index is 1.22. The Kier molecular flexibility index (Phi) is 6.19. The Morgan fingerprint density at radius 1 is 0.558 bits per heavy atom. The SMILES string of the molecule is C[C@@H]1CC=C(c2ccc(N(c3ccc(-c4ccccc4)cc3)c3cccc4ccccc34)cc2)c2oc3ccccc3c21. The van der Waals surface area contributed by atoms with Gasteiger partial charge in [0.15, 0.2) is 0 Å². The van der Waals surface area contributed by atoms with E-state index in [9.17, 15) is 0 Å². The molecule has 0 bridgehead atoms. The lowest BCUT2D eigenvalue weighted by Crippen LogP contribution is -2.10. The molecule has 0 unspecified atom stereocenters. The lowest BCUT2D eigenvalue weighted by molar-refractivity contribution is 0.581. The van der Waals surface area contributed by atoms with Gasteiger partial charge in [0.2, 0.25) is 0 Å². The summed E-state index contributed by atoms with van der Waals surface area (Å²) in [5.74, 6) is 1.44. The van der Waals surface area contributed by atoms with Gasteiger partial charge in [0.25, 0.3) is 0 Å². The molecule has 1 aliphatic rings. The van der Waals surface area contributed by atoms with Crippen molar-refractivity contribution >= 4 is 44.4 Å². The highest BCUT2D eigenvalue weighted by molar-refractivity contribution is 5.99. The van der Waals surface area contributed by atoms with Crippen molar-refractivity contribution in [3.8, 4) is 11.1 Å². The summed E-state index contributed by atoms with van der Waals surface area (Å²) in [6, 6.07) is 52.0. The van der Waals surface area contributed by atoms with Gasteiger partial charge in [-0.25, -0.2) is 0 Å². The second-order valence-corrected chi connectivity index (χ2v) is 11.4. The van der Waals surface area contributed by atoms with E-state index >= 15 is 0 Å². The van der Waals surface area contributed by atoms with Gasteiger partial charge < -0.3 is 9.32 Å². The van der Waals surface area contributed by atoms with Crippen molar-refractivity contribution in [2.45, 2.75) is 19.3 Å². The van der Waals surface area contributed by atoms with Gasteiger partial charge in [0, 0.05) is 33.3 Å². The predicted molar refractivity (Wildman–Crippen MR) is 180 cm³/mol. The molecule has 0 saturated carbocycles. The molecule has 1 aromatic heterocycles. The van der Waals surface area contributed by atoms with Crippen LogP contribution in [-0.4, -0.2) is 0 Å². The summed E-state index contributed by atoms with van der Waals surface area (Å²) in [4.78, 5) is 2.37. The Morgan fingerprint density at radius 2 is 1.16 bits per heavy atom. The number of nitrogens with zero attached hydrogens (tertiary/aromatic N) is 1. The molecule has 8 rings (SSSR count). The molecule has 1 heterocycles. The van der Waals surface area contributed by atoms with Crippen molar-refractivity contribution in [3.63, 3.8) is 0 Å². The van der Waals surface area contributed by atoms with E-state index in [2.05, 4.69) is 157 Å². The summed E-state index contributed by atoms with van der Waals surface area (Å²) in [5, 5.41) is 3.67. The monoisotopic (exact) mass is 553 g/mol. The third kappa shape index (κ3) is 4.43. The van der Waals surface area contributed by atoms with E-state index in [-0.39, 0.29) is 0 Å². The molecule has 0 saturated heterocycles. The topological polar surface area (TPSA) is 16.4 Å². The number of hydrogen-bond acceptors (Lipinski definition) is 2. The van der Waals surface area contributed by atoms with Gasteiger partial charge in [-0.3, -0.25) is 0 Å². The fourth-order valence-corrected chi connectivity index (χ4v) is 6.56. The first-order chi connectivity index (χ1) is 21.2. The van der Waals surface area contributed by atoms with Gasteiger partial charge in [-0.2, -0.15) is 0 Å². The number of hydrogen-bond donors (Lipinski definition) is 0. The second-order valence-electron chi connectivity index (χ2n) is 11.4. The maximum Gasteiger partial charge on any atom is 0.139 e. The summed E-state index contributed by atoms with van der Waals surface area (Å²) in [6.07, 6.45) is 3.35. The maximum absolute atomic E-state index is 6.46. The summed E-state index contributed by atoms with van der Waals surface area (Å²) in [5.41, 5.74) is 10.5. The highest BCUT2D eigenvalue weighted by Crippen LogP contribution is 2.45. The maximum atomic E-state index is 6.46. The number of fused-ring (bicyclic) bond motifs is 4. The minimum Gasteiger partial charge on any atom is -0.456 e. The quantitative estimate of drug-likeness (QED) is 0.211. The van der Waals surface area contributed by atoms with Crippen LogP contribution in [0.15, 0.2) is 156 Å². The average molecular weight is 554 g/mol. The Labute approximate surface area is 252 Å². The number of benzene rings is 6. The van der Waals surface area contributed by atoms with Crippen LogP contribution >= 0.6 is 0 Å². The van der Waals surface area contributed by atoms with Crippen molar-refractivity contribution in [2.75, 3.05) is 4.90 Å². The van der Waals surface area contributed by atoms with Crippen molar-refractivity contribution in [3.05, 3.63) is 169 Å². The summed E-state index contributed by atoms with van der Waals surface area (Å²) in [6.45, 7) is 2.29. The van der Waals surface area contributed by atoms with E-state index in [0.29, 0.717) is 5.92 Å². The molecule has 0 aliphatic heterocycles. The third-order valence-corrected chi connectivity index (χ3v) is 8.72. The first kappa shape index (κ1) is 25.4. The molecule has 0 radical (unpaired) electrons. The number of furan rings is 1. The normalized spacial score (nSPS) is 14.4. The number of anilines is 3. The summed E-state index contributed by atoms with van der Waals surface area (Å²) >= 11 is 0. The van der Waals surface area contributed by atoms with Crippen molar-refractivity contribution in [2.24, 2.45) is 0 Å². The van der Waals surface area contributed by atoms with Gasteiger partial charge in [0.1, 0.15) is 11.3 Å². The van der Waals surface area contributed by atoms with Crippen molar-refractivity contribution in [1.29, 1.82) is 0 Å². The molecule has 0 N–H and O–H groups in total. The van der Waals surface area contributed by atoms with Crippen LogP contribution in [0.5, 0.6) is 0 Å². The molecule has 206 valence electrons. The Hall–Kier alpha value is -5.34. The van der Waals surface area contributed by atoms with Crippen LogP contribution in [0.1, 0.15) is 36.1 Å². The molecular weight excluding hydrogens is 522 g/mol. The van der Waals surface area contributed by atoms with E-state index in [0.717, 1.165) is 34.8 Å². The van der Waals surface area contributed by atoms with Crippen LogP contribution in [0.3, 0.4) is 0 Å². The van der Waals surface area contributed by atoms with Crippen LogP contribution in [-0.2, 0) is 0 Å². The molecule has 6 aromatic carbocycles. The second kappa shape index (κ2) is 10.5. The van der Waals surface area contributed by atoms with E-state index < -0.39 is 0 Å². The number of rotatable bonds is 5. The molecule has 43 heavy (non-hydrogen) atoms. The van der Waals surface area contributed by atoms with Gasteiger partial charge in [-0.1, -0.05) is 122 Å². The van der Waals surface area contributed by atoms with Gasteiger partial charge in [-0.15, -0.1) is 0 Å². The summed E-state index contributed by atoms with van der Waals surface area (Å²) in [7, 11) is 0. The zero-order valence-electron chi connectivity index (χ0n) is 24.1. The molecule has 0 fully saturated rings. The first-order valence-corrected chi connectivity index (χ1v) is 15.0. The molecule has 0 spiro atoms. The Morgan fingerprint density at radius 3 is 1.93 bits per heavy atom. The van der Waals surface area contributed by atoms with Crippen LogP contribution in [0.4, 0.5) is 17.1 Å². The summed E-state index contributed by atoms with van der Waals surface area (Å²) < 4.78 is 6.46. The molecule has 2 nitrogen and oxygen atoms in total. The van der Waals surface area contributed by atoms with Gasteiger partial charge in [0.05, 0.1) is 5.69 Å². The fraction of sp³-hybridized carbons (Fsp3) is 0.0732. The van der Waals surface area contributed by atoms with E-state index in [1.54, 1.807) is 0 Å². The fourth-order valence-electron chi connectivity index (χ4n) is 6.56. The minimum atomic E-state index is 0.433. The zero-order valence-corrected chi connectivity index (χ0v) is 24.1. The largest absolute Gasteiger partial charge is 0.456 e. The molecule has 7 aromatic rings. The van der Waals surface area contributed by atoms with Gasteiger partial charge >= 0.3 is 0 Å². The van der Waals surface area contributed by atoms with Crippen LogP contribution in [0.2, 0.25) is 0 Å². The standard InChI is InChI=1S/C41H31NO/c1-28-18-27-36(41-40(28)37-15-7-8-17-39(37)43-41)32-21-25-34(26-22-32)42(38-16-9-13-31-12-5-6-14-35(31)38)33-23-19-30(20-24-33)29-10-3-2-4-11-29/h2-17,19-28H,18H2,1H3/t28-/m1/s1. The van der Waals surface area contributed by atoms with E-state index in [4.69, 9.17) is 4.42 Å². The molecule has 2 heteroatoms. The molecule has 0 amide bonds. The van der Waals surface area contributed by atoms with Crippen molar-refractivity contribution in [1.82, 2.24) is 0 Å². The van der Waals surface area contributed by atoms with Crippen LogP contribution in [0.25, 0.3) is 38.4 Å². The average Bonchev–Trinajstić information content (AvgIpc) is 3.47. The zero-order chi connectivity index (χ0) is 28.8. The number of para-hydroxylation sites is 1. The van der Waals surface area contributed by atoms with Crippen LogP contribution in [0, 0.1) is 0 Å². The Bertz CT molecular complexity index is 2100. The first-order valence-electron chi connectivity index (χ1n) is 15.0.